The number of likely N-dealkylation sites (tertiary alicyclic amines) is 1. The van der Waals surface area contributed by atoms with E-state index >= 15 is 0 Å². The predicted octanol–water partition coefficient (Wildman–Crippen LogP) is 2.87. The van der Waals surface area contributed by atoms with Crippen molar-refractivity contribution in [3.8, 4) is 5.75 Å². The van der Waals surface area contributed by atoms with Crippen LogP contribution in [0.1, 0.15) is 12.0 Å². The fraction of sp³-hybridized carbons (Fsp3) is 0.538. The van der Waals surface area contributed by atoms with Crippen molar-refractivity contribution in [3.63, 3.8) is 0 Å². The van der Waals surface area contributed by atoms with E-state index in [1.54, 1.807) is 12.1 Å². The van der Waals surface area contributed by atoms with Crippen LogP contribution in [0.5, 0.6) is 5.75 Å². The van der Waals surface area contributed by atoms with Gasteiger partial charge >= 0.3 is 5.51 Å². The third kappa shape index (κ3) is 4.29. The molecular weight excluding hydrogens is 291 g/mol. The van der Waals surface area contributed by atoms with Gasteiger partial charge in [-0.15, -0.1) is 0 Å². The molecule has 0 unspecified atom stereocenters. The number of aliphatic hydroxyl groups excluding tert-OH is 1. The van der Waals surface area contributed by atoms with Crippen LogP contribution in [-0.2, 0) is 6.54 Å². The summed E-state index contributed by atoms with van der Waals surface area (Å²) in [4.78, 5) is 2.09. The first-order valence-electron chi connectivity index (χ1n) is 6.20. The number of thioether (sulfide) groups is 1. The molecule has 1 atom stereocenters. The largest absolute Gasteiger partial charge is 0.496 e. The normalized spacial score (nSPS) is 20.4. The van der Waals surface area contributed by atoms with E-state index in [1.165, 1.54) is 13.2 Å². The number of rotatable bonds is 4. The Kier molecular flexibility index (Phi) is 4.82. The van der Waals surface area contributed by atoms with Crippen molar-refractivity contribution in [2.24, 2.45) is 0 Å². The third-order valence-electron chi connectivity index (χ3n) is 3.11. The Morgan fingerprint density at radius 3 is 2.75 bits per heavy atom. The first-order chi connectivity index (χ1) is 9.37. The third-order valence-corrected chi connectivity index (χ3v) is 3.88. The minimum Gasteiger partial charge on any atom is -0.496 e. The highest BCUT2D eigenvalue weighted by Crippen LogP contribution is 2.41. The maximum atomic E-state index is 12.5. The Morgan fingerprint density at radius 2 is 2.20 bits per heavy atom. The average molecular weight is 307 g/mol. The number of methoxy groups -OCH3 is 1. The van der Waals surface area contributed by atoms with Crippen LogP contribution < -0.4 is 4.74 Å². The van der Waals surface area contributed by atoms with Crippen LogP contribution in [0.3, 0.4) is 0 Å². The second kappa shape index (κ2) is 6.24. The maximum absolute atomic E-state index is 12.5. The molecule has 1 fully saturated rings. The van der Waals surface area contributed by atoms with E-state index < -0.39 is 5.51 Å². The molecule has 7 heteroatoms. The molecule has 1 aromatic carbocycles. The molecule has 0 bridgehead atoms. The summed E-state index contributed by atoms with van der Waals surface area (Å²) >= 11 is -0.168. The summed E-state index contributed by atoms with van der Waals surface area (Å²) in [5.41, 5.74) is -3.55. The molecule has 0 spiro atoms. The molecule has 0 aliphatic carbocycles. The standard InChI is InChI=1S/C13H16F3NO2S/c1-19-11-3-2-9(6-12(11)20-13(14,15)16)7-17-5-4-10(18)8-17/h2-3,6,10,18H,4-5,7-8H2,1H3/t10-/m0/s1. The Hall–Kier alpha value is -0.920. The van der Waals surface area contributed by atoms with E-state index in [1.807, 2.05) is 4.90 Å². The van der Waals surface area contributed by atoms with Gasteiger partial charge in [0.2, 0.25) is 0 Å². The first kappa shape index (κ1) is 15.5. The van der Waals surface area contributed by atoms with E-state index in [0.29, 0.717) is 19.5 Å². The molecule has 0 radical (unpaired) electrons. The van der Waals surface area contributed by atoms with Gasteiger partial charge in [-0.25, -0.2) is 0 Å². The summed E-state index contributed by atoms with van der Waals surface area (Å²) in [6.07, 6.45) is 0.373. The number of halogens is 3. The van der Waals surface area contributed by atoms with Gasteiger partial charge in [0.25, 0.3) is 0 Å². The summed E-state index contributed by atoms with van der Waals surface area (Å²) < 4.78 is 42.5. The Labute approximate surface area is 119 Å². The second-order valence-corrected chi connectivity index (χ2v) is 5.82. The van der Waals surface area contributed by atoms with Crippen LogP contribution in [0.2, 0.25) is 0 Å². The van der Waals surface area contributed by atoms with Gasteiger partial charge < -0.3 is 9.84 Å². The molecule has 1 aromatic rings. The smallest absolute Gasteiger partial charge is 0.446 e. The molecule has 112 valence electrons. The number of benzene rings is 1. The molecule has 0 aromatic heterocycles. The van der Waals surface area contributed by atoms with E-state index in [-0.39, 0.29) is 28.5 Å². The van der Waals surface area contributed by atoms with Gasteiger partial charge in [-0.05, 0) is 35.9 Å². The van der Waals surface area contributed by atoms with Crippen LogP contribution in [0, 0.1) is 0 Å². The zero-order valence-electron chi connectivity index (χ0n) is 11.0. The number of nitrogens with zero attached hydrogens (tertiary/aromatic N) is 1. The van der Waals surface area contributed by atoms with Crippen molar-refractivity contribution in [3.05, 3.63) is 23.8 Å². The molecular formula is C13H16F3NO2S. The zero-order valence-corrected chi connectivity index (χ0v) is 11.8. The minimum atomic E-state index is -4.34. The highest BCUT2D eigenvalue weighted by molar-refractivity contribution is 8.00. The highest BCUT2D eigenvalue weighted by Gasteiger charge is 2.31. The quantitative estimate of drug-likeness (QED) is 0.867. The Morgan fingerprint density at radius 1 is 1.45 bits per heavy atom. The lowest BCUT2D eigenvalue weighted by molar-refractivity contribution is -0.0328. The molecule has 3 nitrogen and oxygen atoms in total. The van der Waals surface area contributed by atoms with E-state index in [2.05, 4.69) is 0 Å². The van der Waals surface area contributed by atoms with Crippen molar-refractivity contribution >= 4 is 11.8 Å². The van der Waals surface area contributed by atoms with Crippen LogP contribution in [0.25, 0.3) is 0 Å². The van der Waals surface area contributed by atoms with Crippen molar-refractivity contribution in [2.45, 2.75) is 29.5 Å². The summed E-state index contributed by atoms with van der Waals surface area (Å²) in [7, 11) is 1.35. The van der Waals surface area contributed by atoms with Crippen LogP contribution in [-0.4, -0.2) is 41.8 Å². The van der Waals surface area contributed by atoms with Crippen LogP contribution >= 0.6 is 11.8 Å². The van der Waals surface area contributed by atoms with Gasteiger partial charge in [-0.3, -0.25) is 4.90 Å². The molecule has 20 heavy (non-hydrogen) atoms. The zero-order chi connectivity index (χ0) is 14.8. The summed E-state index contributed by atoms with van der Waals surface area (Å²) in [6.45, 7) is 1.86. The van der Waals surface area contributed by atoms with E-state index in [0.717, 1.165) is 12.1 Å². The molecule has 1 saturated heterocycles. The molecule has 1 aliphatic heterocycles. The minimum absolute atomic E-state index is 0.0669. The van der Waals surface area contributed by atoms with Crippen molar-refractivity contribution in [1.82, 2.24) is 4.90 Å². The van der Waals surface area contributed by atoms with E-state index in [9.17, 15) is 18.3 Å². The monoisotopic (exact) mass is 307 g/mol. The number of aliphatic hydroxyl groups is 1. The molecule has 1 heterocycles. The number of alkyl halides is 3. The van der Waals surface area contributed by atoms with Gasteiger partial charge in [0.15, 0.2) is 0 Å². The number of ether oxygens (including phenoxy) is 1. The fourth-order valence-corrected chi connectivity index (χ4v) is 2.95. The summed E-state index contributed by atoms with van der Waals surface area (Å²) in [6, 6.07) is 4.81. The topological polar surface area (TPSA) is 32.7 Å². The summed E-state index contributed by atoms with van der Waals surface area (Å²) in [5, 5.41) is 9.45. The molecule has 2 rings (SSSR count). The Balaban J connectivity index is 2.12. The average Bonchev–Trinajstić information content (AvgIpc) is 2.73. The van der Waals surface area contributed by atoms with Gasteiger partial charge in [-0.2, -0.15) is 13.2 Å². The van der Waals surface area contributed by atoms with Crippen LogP contribution in [0.15, 0.2) is 23.1 Å². The molecule has 1 aliphatic rings. The molecule has 1 N–H and O–H groups in total. The number of β-amino-alcohol motifs (C(OH)–C–C–N with tert-alkyl or cyclic N) is 1. The lowest BCUT2D eigenvalue weighted by atomic mass is 10.2. The van der Waals surface area contributed by atoms with Crippen LogP contribution in [0.4, 0.5) is 13.2 Å². The lowest BCUT2D eigenvalue weighted by Gasteiger charge is -2.17. The lowest BCUT2D eigenvalue weighted by Crippen LogP contribution is -2.21. The first-order valence-corrected chi connectivity index (χ1v) is 7.02. The highest BCUT2D eigenvalue weighted by atomic mass is 32.2. The molecule has 0 amide bonds. The van der Waals surface area contributed by atoms with Gasteiger partial charge in [0.1, 0.15) is 5.75 Å². The van der Waals surface area contributed by atoms with Gasteiger partial charge in [0, 0.05) is 19.6 Å². The second-order valence-electron chi connectivity index (χ2n) is 4.71. The predicted molar refractivity (Wildman–Crippen MR) is 70.8 cm³/mol. The van der Waals surface area contributed by atoms with Gasteiger partial charge in [0.05, 0.1) is 18.1 Å². The number of hydrogen-bond acceptors (Lipinski definition) is 4. The summed E-state index contributed by atoms with van der Waals surface area (Å²) in [5.74, 6) is 0.220. The van der Waals surface area contributed by atoms with E-state index in [4.69, 9.17) is 4.74 Å². The maximum Gasteiger partial charge on any atom is 0.446 e. The Bertz CT molecular complexity index is 467. The van der Waals surface area contributed by atoms with Crippen molar-refractivity contribution < 1.29 is 23.0 Å². The van der Waals surface area contributed by atoms with Crippen molar-refractivity contribution in [1.29, 1.82) is 0 Å². The number of hydrogen-bond donors (Lipinski definition) is 1. The van der Waals surface area contributed by atoms with Crippen molar-refractivity contribution in [2.75, 3.05) is 20.2 Å². The SMILES string of the molecule is COc1ccc(CN2CC[C@H](O)C2)cc1SC(F)(F)F. The fourth-order valence-electron chi connectivity index (χ4n) is 2.24. The molecule has 0 saturated carbocycles. The van der Waals surface area contributed by atoms with Gasteiger partial charge in [-0.1, -0.05) is 6.07 Å².